The van der Waals surface area contributed by atoms with Gasteiger partial charge in [0, 0.05) is 5.92 Å². The minimum atomic E-state index is -1.28. The summed E-state index contributed by atoms with van der Waals surface area (Å²) in [6.07, 6.45) is -1.28. The van der Waals surface area contributed by atoms with E-state index in [-0.39, 0.29) is 0 Å². The van der Waals surface area contributed by atoms with Crippen molar-refractivity contribution in [1.29, 1.82) is 0 Å². The number of carbonyl (C=O) groups is 3. The van der Waals surface area contributed by atoms with Gasteiger partial charge in [0.05, 0.1) is 0 Å². The number of hydrogen-bond donors (Lipinski definition) is 1. The lowest BCUT2D eigenvalue weighted by atomic mass is 10.1. The number of ether oxygens (including phenoxy) is 1. The van der Waals surface area contributed by atoms with Crippen LogP contribution in [-0.2, 0) is 19.1 Å². The van der Waals surface area contributed by atoms with E-state index in [0.717, 1.165) is 0 Å². The second-order valence-corrected chi connectivity index (χ2v) is 2.90. The highest BCUT2D eigenvalue weighted by Gasteiger charge is 2.24. The summed E-state index contributed by atoms with van der Waals surface area (Å²) >= 11 is 0. The zero-order chi connectivity index (χ0) is 10.6. The summed E-state index contributed by atoms with van der Waals surface area (Å²) in [5.74, 6) is -3.56. The van der Waals surface area contributed by atoms with Crippen molar-refractivity contribution in [2.45, 2.75) is 26.9 Å². The molecule has 0 aromatic heterocycles. The van der Waals surface area contributed by atoms with Crippen LogP contribution < -0.4 is 0 Å². The average Bonchev–Trinajstić information content (AvgIpc) is 2.02. The van der Waals surface area contributed by atoms with E-state index in [1.165, 1.54) is 20.8 Å². The number of rotatable bonds is 4. The molecule has 0 fully saturated rings. The maximum absolute atomic E-state index is 10.9. The maximum Gasteiger partial charge on any atom is 0.375 e. The van der Waals surface area contributed by atoms with E-state index in [4.69, 9.17) is 5.11 Å². The van der Waals surface area contributed by atoms with E-state index >= 15 is 0 Å². The van der Waals surface area contributed by atoms with Gasteiger partial charge in [-0.15, -0.1) is 0 Å². The van der Waals surface area contributed by atoms with Crippen molar-refractivity contribution in [3.8, 4) is 0 Å². The molecule has 0 bridgehead atoms. The van der Waals surface area contributed by atoms with Crippen molar-refractivity contribution in [2.75, 3.05) is 0 Å². The Kier molecular flexibility index (Phi) is 4.10. The summed E-state index contributed by atoms with van der Waals surface area (Å²) in [6, 6.07) is 0. The molecule has 0 aliphatic carbocycles. The quantitative estimate of drug-likeness (QED) is 0.504. The molecule has 0 aromatic carbocycles. The van der Waals surface area contributed by atoms with Crippen LogP contribution in [-0.4, -0.2) is 28.9 Å². The summed E-state index contributed by atoms with van der Waals surface area (Å²) < 4.78 is 4.35. The van der Waals surface area contributed by atoms with Crippen molar-refractivity contribution < 1.29 is 24.2 Å². The van der Waals surface area contributed by atoms with Gasteiger partial charge < -0.3 is 9.84 Å². The van der Waals surface area contributed by atoms with Crippen LogP contribution in [0, 0.1) is 5.92 Å². The molecule has 0 saturated carbocycles. The average molecular weight is 188 g/mol. The monoisotopic (exact) mass is 188 g/mol. The minimum absolute atomic E-state index is 0.478. The molecule has 0 aromatic rings. The van der Waals surface area contributed by atoms with E-state index in [0.29, 0.717) is 0 Å². The molecule has 0 saturated heterocycles. The van der Waals surface area contributed by atoms with Gasteiger partial charge in [0.25, 0.3) is 0 Å². The van der Waals surface area contributed by atoms with Gasteiger partial charge in [-0.1, -0.05) is 13.8 Å². The first-order chi connectivity index (χ1) is 5.86. The van der Waals surface area contributed by atoms with E-state index in [2.05, 4.69) is 4.74 Å². The molecule has 0 spiro atoms. The van der Waals surface area contributed by atoms with Crippen LogP contribution in [0.15, 0.2) is 0 Å². The minimum Gasteiger partial charge on any atom is -0.479 e. The predicted octanol–water partition coefficient (Wildman–Crippen LogP) is 0.228. The molecule has 0 aliphatic rings. The second kappa shape index (κ2) is 4.59. The van der Waals surface area contributed by atoms with Gasteiger partial charge in [-0.25, -0.2) is 9.59 Å². The lowest BCUT2D eigenvalue weighted by Crippen LogP contribution is -2.30. The third-order valence-electron chi connectivity index (χ3n) is 1.36. The lowest BCUT2D eigenvalue weighted by Gasteiger charge is -2.08. The number of ketones is 1. The van der Waals surface area contributed by atoms with E-state index in [1.54, 1.807) is 0 Å². The molecule has 0 heterocycles. The van der Waals surface area contributed by atoms with E-state index in [9.17, 15) is 14.4 Å². The first-order valence-electron chi connectivity index (χ1n) is 3.84. The van der Waals surface area contributed by atoms with Crippen molar-refractivity contribution in [1.82, 2.24) is 0 Å². The fourth-order valence-corrected chi connectivity index (χ4v) is 0.505. The normalized spacial score (nSPS) is 12.3. The Labute approximate surface area is 75.7 Å². The first-order valence-corrected chi connectivity index (χ1v) is 3.84. The molecule has 0 aliphatic heterocycles. The standard InChI is InChI=1S/C8H12O5/c1-4(2)6(9)8(12)13-5(3)7(10)11/h4-5H,1-3H3,(H,10,11). The molecular formula is C8H12O5. The van der Waals surface area contributed by atoms with Crippen LogP contribution >= 0.6 is 0 Å². The Morgan fingerprint density at radius 1 is 1.15 bits per heavy atom. The van der Waals surface area contributed by atoms with Crippen LogP contribution in [0.2, 0.25) is 0 Å². The van der Waals surface area contributed by atoms with Crippen molar-refractivity contribution in [2.24, 2.45) is 5.92 Å². The topological polar surface area (TPSA) is 80.7 Å². The Morgan fingerprint density at radius 2 is 1.62 bits per heavy atom. The third-order valence-corrected chi connectivity index (χ3v) is 1.36. The summed E-state index contributed by atoms with van der Waals surface area (Å²) in [5, 5.41) is 8.36. The zero-order valence-corrected chi connectivity index (χ0v) is 7.73. The highest BCUT2D eigenvalue weighted by atomic mass is 16.6. The van der Waals surface area contributed by atoms with Crippen molar-refractivity contribution in [3.63, 3.8) is 0 Å². The number of aliphatic carboxylic acids is 1. The lowest BCUT2D eigenvalue weighted by molar-refractivity contribution is -0.166. The highest BCUT2D eigenvalue weighted by molar-refractivity contribution is 6.34. The van der Waals surface area contributed by atoms with Crippen molar-refractivity contribution >= 4 is 17.7 Å². The SMILES string of the molecule is CC(C)C(=O)C(=O)OC(C)C(=O)O. The van der Waals surface area contributed by atoms with Crippen molar-refractivity contribution in [3.05, 3.63) is 0 Å². The number of carbonyl (C=O) groups excluding carboxylic acids is 2. The fourth-order valence-electron chi connectivity index (χ4n) is 0.505. The number of carboxylic acids is 1. The first kappa shape index (κ1) is 11.6. The molecule has 13 heavy (non-hydrogen) atoms. The van der Waals surface area contributed by atoms with Gasteiger partial charge in [-0.2, -0.15) is 0 Å². The summed E-state index contributed by atoms with van der Waals surface area (Å²) in [5.41, 5.74) is 0. The second-order valence-electron chi connectivity index (χ2n) is 2.90. The number of esters is 1. The number of carboxylic acid groups (broad SMARTS) is 1. The smallest absolute Gasteiger partial charge is 0.375 e. The molecule has 74 valence electrons. The Morgan fingerprint density at radius 3 is 1.92 bits per heavy atom. The van der Waals surface area contributed by atoms with E-state index in [1.807, 2.05) is 0 Å². The number of Topliss-reactive ketones (excluding diaryl/α,β-unsaturated/α-hetero) is 1. The predicted molar refractivity (Wildman–Crippen MR) is 43.0 cm³/mol. The molecule has 1 unspecified atom stereocenters. The molecule has 5 heteroatoms. The fraction of sp³-hybridized carbons (Fsp3) is 0.625. The molecule has 1 atom stereocenters. The summed E-state index contributed by atoms with van der Waals surface area (Å²) in [6.45, 7) is 4.26. The Hall–Kier alpha value is -1.39. The van der Waals surface area contributed by atoms with Gasteiger partial charge in [0.2, 0.25) is 5.78 Å². The Bertz CT molecular complexity index is 231. The van der Waals surface area contributed by atoms with Gasteiger partial charge in [-0.3, -0.25) is 4.79 Å². The third kappa shape index (κ3) is 3.68. The van der Waals surface area contributed by atoms with Crippen LogP contribution in [0.5, 0.6) is 0 Å². The van der Waals surface area contributed by atoms with E-state index < -0.39 is 29.7 Å². The van der Waals surface area contributed by atoms with Gasteiger partial charge in [-0.05, 0) is 6.92 Å². The Balaban J connectivity index is 4.16. The van der Waals surface area contributed by atoms with Crippen LogP contribution in [0.25, 0.3) is 0 Å². The van der Waals surface area contributed by atoms with Crippen LogP contribution in [0.4, 0.5) is 0 Å². The number of hydrogen-bond acceptors (Lipinski definition) is 4. The summed E-state index contributed by atoms with van der Waals surface area (Å²) in [4.78, 5) is 32.0. The molecule has 0 rings (SSSR count). The maximum atomic E-state index is 10.9. The van der Waals surface area contributed by atoms with Gasteiger partial charge >= 0.3 is 11.9 Å². The molecule has 0 amide bonds. The van der Waals surface area contributed by atoms with Gasteiger partial charge in [0.1, 0.15) is 0 Å². The molecule has 0 radical (unpaired) electrons. The summed E-state index contributed by atoms with van der Waals surface area (Å²) in [7, 11) is 0. The largest absolute Gasteiger partial charge is 0.479 e. The van der Waals surface area contributed by atoms with Crippen LogP contribution in [0.3, 0.4) is 0 Å². The van der Waals surface area contributed by atoms with Crippen LogP contribution in [0.1, 0.15) is 20.8 Å². The van der Waals surface area contributed by atoms with Gasteiger partial charge in [0.15, 0.2) is 6.10 Å². The highest BCUT2D eigenvalue weighted by Crippen LogP contribution is 1.99. The molecular weight excluding hydrogens is 176 g/mol. The zero-order valence-electron chi connectivity index (χ0n) is 7.73. The molecule has 1 N–H and O–H groups in total. The molecule has 5 nitrogen and oxygen atoms in total.